The molecule has 1 aromatic carbocycles. The Labute approximate surface area is 142 Å². The Kier molecular flexibility index (Phi) is 4.11. The van der Waals surface area contributed by atoms with Gasteiger partial charge < -0.3 is 10.4 Å². The zero-order chi connectivity index (χ0) is 17.4. The van der Waals surface area contributed by atoms with Crippen LogP contribution in [0.4, 0.5) is 5.69 Å². The normalized spacial score (nSPS) is 11.0. The number of amides is 1. The number of nitrogens with zero attached hydrogens (tertiary/aromatic N) is 2. The van der Waals surface area contributed by atoms with Gasteiger partial charge in [0.25, 0.3) is 0 Å². The lowest BCUT2D eigenvalue weighted by Crippen LogP contribution is -2.15. The van der Waals surface area contributed by atoms with Gasteiger partial charge in [-0.1, -0.05) is 0 Å². The quantitative estimate of drug-likeness (QED) is 0.762. The Hall–Kier alpha value is -2.67. The summed E-state index contributed by atoms with van der Waals surface area (Å²) in [5, 5.41) is 17.0. The number of benzene rings is 1. The van der Waals surface area contributed by atoms with Crippen LogP contribution in [0, 0.1) is 13.8 Å². The third-order valence-electron chi connectivity index (χ3n) is 4.01. The highest BCUT2D eigenvalue weighted by Gasteiger charge is 2.14. The summed E-state index contributed by atoms with van der Waals surface area (Å²) in [5.41, 5.74) is 3.41. The Balaban J connectivity index is 1.79. The molecule has 0 saturated carbocycles. The maximum atomic E-state index is 12.3. The molecule has 0 spiro atoms. The number of anilines is 1. The van der Waals surface area contributed by atoms with Gasteiger partial charge in [0.15, 0.2) is 0 Å². The highest BCUT2D eigenvalue weighted by molar-refractivity contribution is 7.20. The van der Waals surface area contributed by atoms with Crippen LogP contribution in [0.5, 0.6) is 0 Å². The van der Waals surface area contributed by atoms with Crippen LogP contribution >= 0.6 is 11.3 Å². The van der Waals surface area contributed by atoms with Crippen molar-refractivity contribution in [1.82, 2.24) is 9.78 Å². The third kappa shape index (κ3) is 3.03. The lowest BCUT2D eigenvalue weighted by molar-refractivity contribution is -0.115. The molecule has 2 N–H and O–H groups in total. The fourth-order valence-electron chi connectivity index (χ4n) is 2.67. The topological polar surface area (TPSA) is 84.2 Å². The molecule has 2 aromatic heterocycles. The predicted molar refractivity (Wildman–Crippen MR) is 93.8 cm³/mol. The molecule has 0 fully saturated rings. The summed E-state index contributed by atoms with van der Waals surface area (Å²) >= 11 is 1.22. The zero-order valence-corrected chi connectivity index (χ0v) is 14.4. The average molecular weight is 343 g/mol. The van der Waals surface area contributed by atoms with E-state index in [-0.39, 0.29) is 17.2 Å². The second kappa shape index (κ2) is 6.09. The summed E-state index contributed by atoms with van der Waals surface area (Å²) in [6.07, 6.45) is 0.257. The van der Waals surface area contributed by atoms with Gasteiger partial charge in [-0.3, -0.25) is 9.48 Å². The summed E-state index contributed by atoms with van der Waals surface area (Å²) in [5.74, 6) is -1.06. The molecule has 0 aliphatic rings. The van der Waals surface area contributed by atoms with Crippen molar-refractivity contribution in [3.8, 4) is 0 Å². The first-order chi connectivity index (χ1) is 11.3. The van der Waals surface area contributed by atoms with Crippen molar-refractivity contribution >= 4 is 39.0 Å². The minimum Gasteiger partial charge on any atom is -0.477 e. The van der Waals surface area contributed by atoms with Crippen molar-refractivity contribution in [2.75, 3.05) is 5.32 Å². The number of aromatic carboxylic acids is 1. The monoisotopic (exact) mass is 343 g/mol. The van der Waals surface area contributed by atoms with Crippen LogP contribution in [0.25, 0.3) is 10.1 Å². The summed E-state index contributed by atoms with van der Waals surface area (Å²) in [6.45, 7) is 3.83. The van der Waals surface area contributed by atoms with E-state index in [1.165, 1.54) is 11.3 Å². The number of nitrogens with one attached hydrogen (secondary N) is 1. The first kappa shape index (κ1) is 16.2. The predicted octanol–water partition coefficient (Wildman–Crippen LogP) is 3.13. The number of fused-ring (bicyclic) bond motifs is 1. The number of carboxylic acids is 1. The van der Waals surface area contributed by atoms with Gasteiger partial charge in [-0.2, -0.15) is 5.10 Å². The van der Waals surface area contributed by atoms with Gasteiger partial charge in [0.1, 0.15) is 4.88 Å². The van der Waals surface area contributed by atoms with Crippen LogP contribution in [0.3, 0.4) is 0 Å². The van der Waals surface area contributed by atoms with Crippen molar-refractivity contribution < 1.29 is 14.7 Å². The van der Waals surface area contributed by atoms with Crippen LogP contribution in [0.15, 0.2) is 24.3 Å². The number of aryl methyl sites for hydroxylation is 2. The molecule has 6 nitrogen and oxygen atoms in total. The number of hydrogen-bond acceptors (Lipinski definition) is 4. The fraction of sp³-hybridized carbons (Fsp3) is 0.235. The largest absolute Gasteiger partial charge is 0.477 e. The molecule has 3 aromatic rings. The molecule has 7 heteroatoms. The number of rotatable bonds is 4. The Morgan fingerprint density at radius 3 is 2.67 bits per heavy atom. The average Bonchev–Trinajstić information content (AvgIpc) is 3.04. The van der Waals surface area contributed by atoms with E-state index in [2.05, 4.69) is 10.4 Å². The van der Waals surface area contributed by atoms with E-state index >= 15 is 0 Å². The standard InChI is InChI=1S/C17H17N3O3S/c1-9-13(10(2)20(3)19-9)8-16(21)18-12-4-5-14-11(6-12)7-15(24-14)17(22)23/h4-7H,8H2,1-3H3,(H,18,21)(H,22,23). The summed E-state index contributed by atoms with van der Waals surface area (Å²) in [7, 11) is 1.86. The van der Waals surface area contributed by atoms with Crippen LogP contribution in [0.1, 0.15) is 26.6 Å². The van der Waals surface area contributed by atoms with Gasteiger partial charge >= 0.3 is 5.97 Å². The van der Waals surface area contributed by atoms with Crippen LogP contribution in [-0.2, 0) is 18.3 Å². The first-order valence-corrected chi connectivity index (χ1v) is 8.22. The first-order valence-electron chi connectivity index (χ1n) is 7.41. The van der Waals surface area contributed by atoms with Crippen LogP contribution < -0.4 is 5.32 Å². The molecule has 0 atom stereocenters. The van der Waals surface area contributed by atoms with Gasteiger partial charge in [0, 0.05) is 28.7 Å². The smallest absolute Gasteiger partial charge is 0.345 e. The van der Waals surface area contributed by atoms with Gasteiger partial charge in [-0.15, -0.1) is 11.3 Å². The minimum atomic E-state index is -0.940. The van der Waals surface area contributed by atoms with E-state index < -0.39 is 5.97 Å². The molecule has 0 aliphatic carbocycles. The maximum Gasteiger partial charge on any atom is 0.345 e. The van der Waals surface area contributed by atoms with E-state index in [0.29, 0.717) is 5.69 Å². The molecule has 0 unspecified atom stereocenters. The SMILES string of the molecule is Cc1nn(C)c(C)c1CC(=O)Nc1ccc2sc(C(=O)O)cc2c1. The molecule has 0 radical (unpaired) electrons. The van der Waals surface area contributed by atoms with Gasteiger partial charge in [0.2, 0.25) is 5.91 Å². The summed E-state index contributed by atoms with van der Waals surface area (Å²) < 4.78 is 2.65. The van der Waals surface area contributed by atoms with Crippen molar-refractivity contribution in [3.63, 3.8) is 0 Å². The van der Waals surface area contributed by atoms with Crippen LogP contribution in [0.2, 0.25) is 0 Å². The molecule has 0 bridgehead atoms. The molecular weight excluding hydrogens is 326 g/mol. The van der Waals surface area contributed by atoms with Crippen molar-refractivity contribution in [2.24, 2.45) is 7.05 Å². The molecular formula is C17H17N3O3S. The molecule has 0 saturated heterocycles. The zero-order valence-electron chi connectivity index (χ0n) is 13.6. The fourth-order valence-corrected chi connectivity index (χ4v) is 3.55. The number of carbonyl (C=O) groups excluding carboxylic acids is 1. The van der Waals surface area contributed by atoms with E-state index in [9.17, 15) is 9.59 Å². The van der Waals surface area contributed by atoms with Gasteiger partial charge in [0.05, 0.1) is 12.1 Å². The minimum absolute atomic E-state index is 0.123. The highest BCUT2D eigenvalue weighted by Crippen LogP contribution is 2.28. The summed E-state index contributed by atoms with van der Waals surface area (Å²) in [6, 6.07) is 7.01. The third-order valence-corrected chi connectivity index (χ3v) is 5.11. The van der Waals surface area contributed by atoms with E-state index in [1.54, 1.807) is 22.9 Å². The van der Waals surface area contributed by atoms with Crippen molar-refractivity contribution in [1.29, 1.82) is 0 Å². The number of thiophene rings is 1. The van der Waals surface area contributed by atoms with Crippen LogP contribution in [-0.4, -0.2) is 26.8 Å². The summed E-state index contributed by atoms with van der Waals surface area (Å²) in [4.78, 5) is 23.6. The lowest BCUT2D eigenvalue weighted by Gasteiger charge is -2.06. The second-order valence-electron chi connectivity index (χ2n) is 5.67. The van der Waals surface area contributed by atoms with Gasteiger partial charge in [-0.25, -0.2) is 4.79 Å². The molecule has 3 rings (SSSR count). The van der Waals surface area contributed by atoms with E-state index in [1.807, 2.05) is 27.0 Å². The Morgan fingerprint density at radius 1 is 1.29 bits per heavy atom. The van der Waals surface area contributed by atoms with Crippen molar-refractivity contribution in [3.05, 3.63) is 46.1 Å². The Bertz CT molecular complexity index is 956. The molecule has 124 valence electrons. The number of aromatic nitrogens is 2. The molecule has 0 aliphatic heterocycles. The second-order valence-corrected chi connectivity index (χ2v) is 6.75. The number of carboxylic acid groups (broad SMARTS) is 1. The van der Waals surface area contributed by atoms with Gasteiger partial charge in [-0.05, 0) is 43.5 Å². The highest BCUT2D eigenvalue weighted by atomic mass is 32.1. The van der Waals surface area contributed by atoms with Crippen molar-refractivity contribution in [2.45, 2.75) is 20.3 Å². The number of hydrogen-bond donors (Lipinski definition) is 2. The molecule has 1 amide bonds. The maximum absolute atomic E-state index is 12.3. The Morgan fingerprint density at radius 2 is 2.04 bits per heavy atom. The van der Waals surface area contributed by atoms with E-state index in [4.69, 9.17) is 5.11 Å². The lowest BCUT2D eigenvalue weighted by atomic mass is 10.1. The molecule has 2 heterocycles. The molecule has 24 heavy (non-hydrogen) atoms. The number of carbonyl (C=O) groups is 2. The van der Waals surface area contributed by atoms with E-state index in [0.717, 1.165) is 27.0 Å².